The summed E-state index contributed by atoms with van der Waals surface area (Å²) in [5, 5.41) is 0. The van der Waals surface area contributed by atoms with Crippen molar-refractivity contribution in [2.75, 3.05) is 5.73 Å². The van der Waals surface area contributed by atoms with Crippen molar-refractivity contribution >= 4 is 17.5 Å². The predicted molar refractivity (Wildman–Crippen MR) is 72.6 cm³/mol. The lowest BCUT2D eigenvalue weighted by molar-refractivity contribution is -0.130. The third-order valence-electron chi connectivity index (χ3n) is 4.13. The van der Waals surface area contributed by atoms with Crippen LogP contribution in [0.3, 0.4) is 0 Å². The molecule has 0 aromatic heterocycles. The molecule has 0 unspecified atom stereocenters. The highest BCUT2D eigenvalue weighted by Crippen LogP contribution is 2.29. The number of carbonyl (C=O) groups excluding carboxylic acids is 2. The van der Waals surface area contributed by atoms with E-state index < -0.39 is 0 Å². The summed E-state index contributed by atoms with van der Waals surface area (Å²) in [6.07, 6.45) is 5.61. The molecule has 1 aliphatic carbocycles. The molecule has 2 amide bonds. The first-order valence-electron chi connectivity index (χ1n) is 6.91. The summed E-state index contributed by atoms with van der Waals surface area (Å²) in [6.45, 7) is 0. The maximum absolute atomic E-state index is 12.5. The van der Waals surface area contributed by atoms with E-state index in [4.69, 9.17) is 5.73 Å². The molecule has 100 valence electrons. The molecular formula is C15H18N2O2. The molecule has 1 fully saturated rings. The summed E-state index contributed by atoms with van der Waals surface area (Å²) in [5.74, 6) is -0.223. The van der Waals surface area contributed by atoms with Crippen molar-refractivity contribution in [3.05, 3.63) is 29.3 Å². The van der Waals surface area contributed by atoms with E-state index in [0.29, 0.717) is 17.7 Å². The summed E-state index contributed by atoms with van der Waals surface area (Å²) in [5.41, 5.74) is 7.73. The van der Waals surface area contributed by atoms with Gasteiger partial charge in [0.2, 0.25) is 5.91 Å². The van der Waals surface area contributed by atoms with Gasteiger partial charge < -0.3 is 5.73 Å². The van der Waals surface area contributed by atoms with Gasteiger partial charge >= 0.3 is 0 Å². The average molecular weight is 258 g/mol. The van der Waals surface area contributed by atoms with E-state index in [1.807, 2.05) is 0 Å². The van der Waals surface area contributed by atoms with Crippen LogP contribution in [-0.4, -0.2) is 22.8 Å². The molecule has 2 aliphatic rings. The highest BCUT2D eigenvalue weighted by Gasteiger charge is 2.36. The topological polar surface area (TPSA) is 63.4 Å². The van der Waals surface area contributed by atoms with E-state index in [9.17, 15) is 9.59 Å². The van der Waals surface area contributed by atoms with E-state index in [0.717, 1.165) is 31.2 Å². The van der Waals surface area contributed by atoms with E-state index in [1.165, 1.54) is 11.3 Å². The summed E-state index contributed by atoms with van der Waals surface area (Å²) in [7, 11) is 0. The molecule has 0 saturated heterocycles. The second-order valence-electron chi connectivity index (χ2n) is 5.45. The summed E-state index contributed by atoms with van der Waals surface area (Å²) >= 11 is 0. The van der Waals surface area contributed by atoms with Gasteiger partial charge in [-0.05, 0) is 30.5 Å². The Morgan fingerprint density at radius 2 is 1.84 bits per heavy atom. The molecule has 2 N–H and O–H groups in total. The zero-order valence-electron chi connectivity index (χ0n) is 10.9. The maximum atomic E-state index is 12.5. The fourth-order valence-corrected chi connectivity index (χ4v) is 3.15. The number of nitrogens with zero attached hydrogens (tertiary/aromatic N) is 1. The van der Waals surface area contributed by atoms with Crippen molar-refractivity contribution < 1.29 is 9.59 Å². The van der Waals surface area contributed by atoms with Crippen LogP contribution in [0.2, 0.25) is 0 Å². The Bertz CT molecular complexity index is 533. The Morgan fingerprint density at radius 1 is 1.11 bits per heavy atom. The van der Waals surface area contributed by atoms with Crippen molar-refractivity contribution in [1.29, 1.82) is 0 Å². The van der Waals surface area contributed by atoms with Crippen molar-refractivity contribution in [3.63, 3.8) is 0 Å². The van der Waals surface area contributed by atoms with Crippen molar-refractivity contribution in [2.24, 2.45) is 0 Å². The van der Waals surface area contributed by atoms with Gasteiger partial charge in [0.15, 0.2) is 0 Å². The van der Waals surface area contributed by atoms with E-state index in [2.05, 4.69) is 0 Å². The van der Waals surface area contributed by atoms with Crippen molar-refractivity contribution in [2.45, 2.75) is 44.6 Å². The number of hydrogen-bond donors (Lipinski definition) is 1. The molecule has 1 heterocycles. The number of hydrogen-bond acceptors (Lipinski definition) is 3. The van der Waals surface area contributed by atoms with Crippen LogP contribution in [0.4, 0.5) is 5.69 Å². The van der Waals surface area contributed by atoms with Gasteiger partial charge in [0.25, 0.3) is 5.91 Å². The lowest BCUT2D eigenvalue weighted by Gasteiger charge is -2.35. The number of fused-ring (bicyclic) bond motifs is 1. The quantitative estimate of drug-likeness (QED) is 0.620. The minimum absolute atomic E-state index is 0.0610. The smallest absolute Gasteiger partial charge is 0.261 e. The molecule has 1 aromatic rings. The Hall–Kier alpha value is -1.84. The maximum Gasteiger partial charge on any atom is 0.261 e. The van der Waals surface area contributed by atoms with Crippen LogP contribution < -0.4 is 5.73 Å². The number of nitrogens with two attached hydrogens (primary N) is 1. The fraction of sp³-hybridized carbons (Fsp3) is 0.467. The number of nitrogen functional groups attached to an aromatic ring is 1. The van der Waals surface area contributed by atoms with Crippen LogP contribution in [0.5, 0.6) is 0 Å². The van der Waals surface area contributed by atoms with Crippen LogP contribution in [0.1, 0.15) is 48.0 Å². The fourth-order valence-electron chi connectivity index (χ4n) is 3.15. The first kappa shape index (κ1) is 12.2. The zero-order chi connectivity index (χ0) is 13.4. The number of rotatable bonds is 1. The Labute approximate surface area is 112 Å². The average Bonchev–Trinajstić information content (AvgIpc) is 2.41. The minimum atomic E-state index is -0.162. The van der Waals surface area contributed by atoms with E-state index in [-0.39, 0.29) is 17.9 Å². The number of anilines is 1. The molecule has 4 heteroatoms. The third-order valence-corrected chi connectivity index (χ3v) is 4.13. The lowest BCUT2D eigenvalue weighted by Crippen LogP contribution is -2.49. The predicted octanol–water partition coefficient (Wildman–Crippen LogP) is 2.13. The van der Waals surface area contributed by atoms with Gasteiger partial charge in [-0.1, -0.05) is 25.3 Å². The summed E-state index contributed by atoms with van der Waals surface area (Å²) in [6, 6.07) is 5.32. The number of imide groups is 1. The number of carbonyl (C=O) groups is 2. The highest BCUT2D eigenvalue weighted by molar-refractivity contribution is 6.10. The molecular weight excluding hydrogens is 240 g/mol. The largest absolute Gasteiger partial charge is 0.399 e. The van der Waals surface area contributed by atoms with Gasteiger partial charge in [0.05, 0.1) is 6.42 Å². The zero-order valence-corrected chi connectivity index (χ0v) is 10.9. The second-order valence-corrected chi connectivity index (χ2v) is 5.45. The van der Waals surface area contributed by atoms with Crippen LogP contribution in [-0.2, 0) is 11.2 Å². The summed E-state index contributed by atoms with van der Waals surface area (Å²) < 4.78 is 0. The monoisotopic (exact) mass is 258 g/mol. The number of benzene rings is 1. The van der Waals surface area contributed by atoms with Gasteiger partial charge in [0.1, 0.15) is 0 Å². The molecule has 1 aliphatic heterocycles. The SMILES string of the molecule is Nc1ccc2c(c1)C(=O)N(C1CCCCC1)C(=O)C2. The molecule has 0 spiro atoms. The lowest BCUT2D eigenvalue weighted by atomic mass is 9.90. The second kappa shape index (κ2) is 4.68. The summed E-state index contributed by atoms with van der Waals surface area (Å²) in [4.78, 5) is 26.2. The standard InChI is InChI=1S/C15H18N2O2/c16-11-7-6-10-8-14(18)17(15(19)13(10)9-11)12-4-2-1-3-5-12/h6-7,9,12H,1-5,8,16H2. The Morgan fingerprint density at radius 3 is 2.58 bits per heavy atom. The van der Waals surface area contributed by atoms with Gasteiger partial charge in [-0.2, -0.15) is 0 Å². The molecule has 0 bridgehead atoms. The van der Waals surface area contributed by atoms with Crippen LogP contribution in [0.25, 0.3) is 0 Å². The molecule has 0 atom stereocenters. The van der Waals surface area contributed by atoms with Crippen molar-refractivity contribution in [3.8, 4) is 0 Å². The highest BCUT2D eigenvalue weighted by atomic mass is 16.2. The first-order chi connectivity index (χ1) is 9.16. The minimum Gasteiger partial charge on any atom is -0.399 e. The van der Waals surface area contributed by atoms with E-state index >= 15 is 0 Å². The normalized spacial score (nSPS) is 20.5. The van der Waals surface area contributed by atoms with Gasteiger partial charge in [-0.3, -0.25) is 14.5 Å². The first-order valence-corrected chi connectivity index (χ1v) is 6.91. The Balaban J connectivity index is 1.95. The third kappa shape index (κ3) is 2.11. The van der Waals surface area contributed by atoms with Gasteiger partial charge in [0, 0.05) is 17.3 Å². The molecule has 0 radical (unpaired) electrons. The molecule has 1 saturated carbocycles. The van der Waals surface area contributed by atoms with Crippen molar-refractivity contribution in [1.82, 2.24) is 4.90 Å². The van der Waals surface area contributed by atoms with Gasteiger partial charge in [-0.25, -0.2) is 0 Å². The van der Waals surface area contributed by atoms with Crippen LogP contribution >= 0.6 is 0 Å². The molecule has 4 nitrogen and oxygen atoms in total. The van der Waals surface area contributed by atoms with E-state index in [1.54, 1.807) is 18.2 Å². The molecule has 19 heavy (non-hydrogen) atoms. The molecule has 1 aromatic carbocycles. The van der Waals surface area contributed by atoms with Crippen LogP contribution in [0.15, 0.2) is 18.2 Å². The number of amides is 2. The van der Waals surface area contributed by atoms with Gasteiger partial charge in [-0.15, -0.1) is 0 Å². The molecule has 3 rings (SSSR count). The van der Waals surface area contributed by atoms with Crippen LogP contribution in [0, 0.1) is 0 Å². The Kier molecular flexibility index (Phi) is 3.01.